The number of amides is 1. The number of aryl methyl sites for hydroxylation is 3. The van der Waals surface area contributed by atoms with Gasteiger partial charge in [0.1, 0.15) is 17.4 Å². The van der Waals surface area contributed by atoms with E-state index in [2.05, 4.69) is 5.32 Å². The predicted octanol–water partition coefficient (Wildman–Crippen LogP) is 5.62. The molecule has 7 heteroatoms. The highest BCUT2D eigenvalue weighted by molar-refractivity contribution is 6.31. The van der Waals surface area contributed by atoms with E-state index in [9.17, 15) is 9.18 Å². The van der Waals surface area contributed by atoms with Gasteiger partial charge in [0.2, 0.25) is 0 Å². The van der Waals surface area contributed by atoms with Gasteiger partial charge in [-0.15, -0.1) is 0 Å². The van der Waals surface area contributed by atoms with Crippen LogP contribution in [-0.2, 0) is 17.8 Å². The Bertz CT molecular complexity index is 1300. The Kier molecular flexibility index (Phi) is 7.48. The summed E-state index contributed by atoms with van der Waals surface area (Å²) in [6.07, 6.45) is 1.31. The molecule has 176 valence electrons. The molecular formula is C27H27ClFN3O2. The van der Waals surface area contributed by atoms with Crippen molar-refractivity contribution in [3.8, 4) is 5.75 Å². The first-order chi connectivity index (χ1) is 16.4. The van der Waals surface area contributed by atoms with Crippen molar-refractivity contribution in [2.45, 2.75) is 33.2 Å². The van der Waals surface area contributed by atoms with Crippen LogP contribution in [0.5, 0.6) is 5.75 Å². The fourth-order valence-corrected chi connectivity index (χ4v) is 4.09. The SMILES string of the molecule is Cc1ccc(C)c(OCC(=O)NCCCc2nc3ccccc3n2Cc2c(F)cccc2Cl)c1. The zero-order valence-electron chi connectivity index (χ0n) is 19.3. The molecule has 1 amide bonds. The van der Waals surface area contributed by atoms with Crippen LogP contribution in [0.2, 0.25) is 5.02 Å². The Hall–Kier alpha value is -3.38. The molecule has 4 aromatic rings. The average Bonchev–Trinajstić information content (AvgIpc) is 3.17. The van der Waals surface area contributed by atoms with Crippen molar-refractivity contribution in [3.63, 3.8) is 0 Å². The van der Waals surface area contributed by atoms with Crippen molar-refractivity contribution >= 4 is 28.5 Å². The second kappa shape index (κ2) is 10.7. The van der Waals surface area contributed by atoms with Gasteiger partial charge >= 0.3 is 0 Å². The Morgan fingerprint density at radius 1 is 1.12 bits per heavy atom. The molecule has 0 radical (unpaired) electrons. The molecule has 1 N–H and O–H groups in total. The lowest BCUT2D eigenvalue weighted by Gasteiger charge is -2.12. The van der Waals surface area contributed by atoms with Crippen molar-refractivity contribution < 1.29 is 13.9 Å². The van der Waals surface area contributed by atoms with Crippen molar-refractivity contribution in [3.05, 3.63) is 94.0 Å². The third kappa shape index (κ3) is 5.57. The smallest absolute Gasteiger partial charge is 0.257 e. The summed E-state index contributed by atoms with van der Waals surface area (Å²) in [5, 5.41) is 3.29. The molecule has 1 heterocycles. The summed E-state index contributed by atoms with van der Waals surface area (Å²) in [5.41, 5.74) is 4.27. The van der Waals surface area contributed by atoms with E-state index >= 15 is 0 Å². The van der Waals surface area contributed by atoms with Crippen molar-refractivity contribution in [1.29, 1.82) is 0 Å². The minimum Gasteiger partial charge on any atom is -0.483 e. The van der Waals surface area contributed by atoms with E-state index in [-0.39, 0.29) is 24.9 Å². The Balaban J connectivity index is 1.37. The number of fused-ring (bicyclic) bond motifs is 1. The predicted molar refractivity (Wildman–Crippen MR) is 133 cm³/mol. The number of aromatic nitrogens is 2. The quantitative estimate of drug-likeness (QED) is 0.317. The van der Waals surface area contributed by atoms with Crippen LogP contribution in [0.25, 0.3) is 11.0 Å². The number of imidazole rings is 1. The lowest BCUT2D eigenvalue weighted by molar-refractivity contribution is -0.123. The molecule has 0 aliphatic heterocycles. The summed E-state index contributed by atoms with van der Waals surface area (Å²) in [6.45, 7) is 4.68. The van der Waals surface area contributed by atoms with E-state index in [0.717, 1.165) is 33.7 Å². The lowest BCUT2D eigenvalue weighted by Crippen LogP contribution is -2.30. The minimum absolute atomic E-state index is 0.0331. The standard InChI is InChI=1S/C27H27ClFN3O2/c1-18-12-13-19(2)25(15-18)34-17-27(33)30-14-6-11-26-31-23-9-3-4-10-24(23)32(26)16-20-21(28)7-5-8-22(20)29/h3-5,7-10,12-13,15H,6,11,14,16-17H2,1-2H3,(H,30,33). The second-order valence-electron chi connectivity index (χ2n) is 8.31. The molecule has 0 spiro atoms. The molecule has 5 nitrogen and oxygen atoms in total. The number of carbonyl (C=O) groups excluding carboxylic acids is 1. The molecule has 0 saturated heterocycles. The van der Waals surface area contributed by atoms with Gasteiger partial charge in [-0.1, -0.05) is 41.9 Å². The highest BCUT2D eigenvalue weighted by atomic mass is 35.5. The summed E-state index contributed by atoms with van der Waals surface area (Å²) in [5.74, 6) is 1.02. The van der Waals surface area contributed by atoms with Crippen LogP contribution in [0.1, 0.15) is 28.9 Å². The van der Waals surface area contributed by atoms with Gasteiger partial charge in [-0.25, -0.2) is 9.37 Å². The van der Waals surface area contributed by atoms with E-state index in [1.54, 1.807) is 12.1 Å². The average molecular weight is 480 g/mol. The maximum Gasteiger partial charge on any atom is 0.257 e. The van der Waals surface area contributed by atoms with E-state index in [0.29, 0.717) is 30.0 Å². The number of nitrogens with zero attached hydrogens (tertiary/aromatic N) is 2. The molecule has 0 unspecified atom stereocenters. The topological polar surface area (TPSA) is 56.1 Å². The minimum atomic E-state index is -0.340. The number of carbonyl (C=O) groups is 1. The number of ether oxygens (including phenoxy) is 1. The monoisotopic (exact) mass is 479 g/mol. The molecule has 4 rings (SSSR count). The summed E-state index contributed by atoms with van der Waals surface area (Å²) >= 11 is 6.27. The molecular weight excluding hydrogens is 453 g/mol. The summed E-state index contributed by atoms with van der Waals surface area (Å²) < 4.78 is 22.1. The number of hydrogen-bond donors (Lipinski definition) is 1. The van der Waals surface area contributed by atoms with Gasteiger partial charge in [0.25, 0.3) is 5.91 Å². The van der Waals surface area contributed by atoms with E-state index in [4.69, 9.17) is 21.3 Å². The number of rotatable bonds is 9. The van der Waals surface area contributed by atoms with Gasteiger partial charge in [-0.2, -0.15) is 0 Å². The first-order valence-electron chi connectivity index (χ1n) is 11.3. The maximum absolute atomic E-state index is 14.4. The number of benzene rings is 3. The van der Waals surface area contributed by atoms with Gasteiger partial charge in [-0.3, -0.25) is 4.79 Å². The first kappa shape index (κ1) is 23.8. The van der Waals surface area contributed by atoms with Crippen molar-refractivity contribution in [2.24, 2.45) is 0 Å². The molecule has 0 fully saturated rings. The normalized spacial score (nSPS) is 11.1. The first-order valence-corrected chi connectivity index (χ1v) is 11.6. The van der Waals surface area contributed by atoms with Crippen LogP contribution in [0.4, 0.5) is 4.39 Å². The molecule has 0 aliphatic carbocycles. The van der Waals surface area contributed by atoms with Crippen LogP contribution in [0, 0.1) is 19.7 Å². The highest BCUT2D eigenvalue weighted by Crippen LogP contribution is 2.24. The fourth-order valence-electron chi connectivity index (χ4n) is 3.87. The molecule has 3 aromatic carbocycles. The highest BCUT2D eigenvalue weighted by Gasteiger charge is 2.15. The molecule has 0 atom stereocenters. The molecule has 0 aliphatic rings. The van der Waals surface area contributed by atoms with Crippen LogP contribution >= 0.6 is 11.6 Å². The zero-order chi connectivity index (χ0) is 24.1. The van der Waals surface area contributed by atoms with Gasteiger partial charge in [0.05, 0.1) is 17.6 Å². The van der Waals surface area contributed by atoms with Crippen LogP contribution in [0.15, 0.2) is 60.7 Å². The number of para-hydroxylation sites is 2. The Morgan fingerprint density at radius 2 is 1.94 bits per heavy atom. The largest absolute Gasteiger partial charge is 0.483 e. The zero-order valence-corrected chi connectivity index (χ0v) is 20.0. The number of halogens is 2. The lowest BCUT2D eigenvalue weighted by atomic mass is 10.1. The molecule has 0 saturated carbocycles. The van der Waals surface area contributed by atoms with Gasteiger partial charge < -0.3 is 14.6 Å². The van der Waals surface area contributed by atoms with Gasteiger partial charge in [0, 0.05) is 23.6 Å². The number of nitrogens with one attached hydrogen (secondary N) is 1. The third-order valence-corrected chi connectivity index (χ3v) is 6.07. The maximum atomic E-state index is 14.4. The number of hydrogen-bond acceptors (Lipinski definition) is 3. The van der Waals surface area contributed by atoms with Crippen molar-refractivity contribution in [2.75, 3.05) is 13.2 Å². The van der Waals surface area contributed by atoms with Crippen LogP contribution in [0.3, 0.4) is 0 Å². The van der Waals surface area contributed by atoms with Crippen LogP contribution < -0.4 is 10.1 Å². The van der Waals surface area contributed by atoms with Crippen molar-refractivity contribution in [1.82, 2.24) is 14.9 Å². The summed E-state index contributed by atoms with van der Waals surface area (Å²) in [7, 11) is 0. The van der Waals surface area contributed by atoms with E-state index < -0.39 is 0 Å². The summed E-state index contributed by atoms with van der Waals surface area (Å²) in [6, 6.07) is 18.4. The third-order valence-electron chi connectivity index (χ3n) is 5.71. The van der Waals surface area contributed by atoms with E-state index in [1.807, 2.05) is 60.9 Å². The van der Waals surface area contributed by atoms with Crippen LogP contribution in [-0.4, -0.2) is 28.6 Å². The fraction of sp³-hybridized carbons (Fsp3) is 0.259. The molecule has 0 bridgehead atoms. The Morgan fingerprint density at radius 3 is 2.76 bits per heavy atom. The second-order valence-corrected chi connectivity index (χ2v) is 8.72. The van der Waals surface area contributed by atoms with E-state index in [1.165, 1.54) is 6.07 Å². The van der Waals surface area contributed by atoms with Gasteiger partial charge in [-0.05, 0) is 61.7 Å². The van der Waals surface area contributed by atoms with Gasteiger partial charge in [0.15, 0.2) is 6.61 Å². The molecule has 1 aromatic heterocycles. The Labute approximate surface area is 203 Å². The molecule has 34 heavy (non-hydrogen) atoms. The summed E-state index contributed by atoms with van der Waals surface area (Å²) in [4.78, 5) is 17.0.